The molecule has 1 rings (SSSR count). The summed E-state index contributed by atoms with van der Waals surface area (Å²) in [7, 11) is 0. The Bertz CT molecular complexity index is 359. The highest BCUT2D eigenvalue weighted by Gasteiger charge is 2.27. The number of carboxylic acids is 1. The van der Waals surface area contributed by atoms with Gasteiger partial charge in [0.1, 0.15) is 0 Å². The minimum Gasteiger partial charge on any atom is -0.481 e. The fourth-order valence-electron chi connectivity index (χ4n) is 2.08. The van der Waals surface area contributed by atoms with Gasteiger partial charge in [-0.15, -0.1) is 0 Å². The molecule has 0 aliphatic rings. The molecule has 1 N–H and O–H groups in total. The van der Waals surface area contributed by atoms with Crippen LogP contribution in [0.5, 0.6) is 0 Å². The van der Waals surface area contributed by atoms with E-state index in [0.717, 1.165) is 18.4 Å². The summed E-state index contributed by atoms with van der Waals surface area (Å²) in [6.45, 7) is 4.04. The SMILES string of the molecule is CCC(CC)C(C(=O)O)c1cccc(Cl)c1. The van der Waals surface area contributed by atoms with Gasteiger partial charge in [0.05, 0.1) is 5.92 Å². The van der Waals surface area contributed by atoms with Crippen molar-refractivity contribution >= 4 is 17.6 Å². The molecule has 0 radical (unpaired) electrons. The number of hydrogen-bond acceptors (Lipinski definition) is 1. The van der Waals surface area contributed by atoms with Crippen LogP contribution in [0.25, 0.3) is 0 Å². The van der Waals surface area contributed by atoms with E-state index in [4.69, 9.17) is 11.6 Å². The average Bonchev–Trinajstić information content (AvgIpc) is 2.24. The molecule has 1 aromatic rings. The Morgan fingerprint density at radius 3 is 2.44 bits per heavy atom. The summed E-state index contributed by atoms with van der Waals surface area (Å²) in [4.78, 5) is 11.3. The monoisotopic (exact) mass is 240 g/mol. The highest BCUT2D eigenvalue weighted by atomic mass is 35.5. The lowest BCUT2D eigenvalue weighted by atomic mass is 9.83. The van der Waals surface area contributed by atoms with Crippen molar-refractivity contribution in [3.05, 3.63) is 34.9 Å². The maximum absolute atomic E-state index is 11.3. The van der Waals surface area contributed by atoms with E-state index in [1.54, 1.807) is 18.2 Å². The van der Waals surface area contributed by atoms with Crippen LogP contribution in [0.3, 0.4) is 0 Å². The summed E-state index contributed by atoms with van der Waals surface area (Å²) in [5.74, 6) is -1.05. The number of carbonyl (C=O) groups is 1. The van der Waals surface area contributed by atoms with Crippen molar-refractivity contribution in [2.75, 3.05) is 0 Å². The Morgan fingerprint density at radius 1 is 1.38 bits per heavy atom. The molecule has 1 unspecified atom stereocenters. The third kappa shape index (κ3) is 2.99. The first kappa shape index (κ1) is 13.0. The van der Waals surface area contributed by atoms with Crippen molar-refractivity contribution < 1.29 is 9.90 Å². The number of carboxylic acid groups (broad SMARTS) is 1. The maximum Gasteiger partial charge on any atom is 0.311 e. The first-order valence-corrected chi connectivity index (χ1v) is 5.96. The molecule has 0 fully saturated rings. The molecule has 3 heteroatoms. The lowest BCUT2D eigenvalue weighted by molar-refractivity contribution is -0.140. The average molecular weight is 241 g/mol. The Hall–Kier alpha value is -1.02. The second kappa shape index (κ2) is 5.90. The summed E-state index contributed by atoms with van der Waals surface area (Å²) in [5, 5.41) is 9.90. The Morgan fingerprint density at radius 2 is 2.00 bits per heavy atom. The van der Waals surface area contributed by atoms with Crippen LogP contribution < -0.4 is 0 Å². The third-order valence-electron chi connectivity index (χ3n) is 2.99. The van der Waals surface area contributed by atoms with Gasteiger partial charge in [-0.3, -0.25) is 4.79 Å². The van der Waals surface area contributed by atoms with Crippen molar-refractivity contribution in [2.24, 2.45) is 5.92 Å². The lowest BCUT2D eigenvalue weighted by Crippen LogP contribution is -2.20. The maximum atomic E-state index is 11.3. The number of rotatable bonds is 5. The van der Waals surface area contributed by atoms with E-state index in [-0.39, 0.29) is 5.92 Å². The predicted octanol–water partition coefficient (Wildman–Crippen LogP) is 3.94. The van der Waals surface area contributed by atoms with Crippen molar-refractivity contribution in [1.82, 2.24) is 0 Å². The van der Waals surface area contributed by atoms with Crippen LogP contribution >= 0.6 is 11.6 Å². The molecular formula is C13H17ClO2. The van der Waals surface area contributed by atoms with Gasteiger partial charge >= 0.3 is 5.97 Å². The minimum absolute atomic E-state index is 0.163. The van der Waals surface area contributed by atoms with Crippen LogP contribution in [-0.4, -0.2) is 11.1 Å². The van der Waals surface area contributed by atoms with E-state index in [2.05, 4.69) is 0 Å². The number of halogens is 1. The molecule has 0 aliphatic heterocycles. The zero-order chi connectivity index (χ0) is 12.1. The number of hydrogen-bond donors (Lipinski definition) is 1. The van der Waals surface area contributed by atoms with Crippen LogP contribution in [0.1, 0.15) is 38.2 Å². The van der Waals surface area contributed by atoms with Gasteiger partial charge in [0.2, 0.25) is 0 Å². The number of aliphatic carboxylic acids is 1. The summed E-state index contributed by atoms with van der Waals surface area (Å²) in [5.41, 5.74) is 0.800. The third-order valence-corrected chi connectivity index (χ3v) is 3.23. The second-order valence-corrected chi connectivity index (χ2v) is 4.38. The van der Waals surface area contributed by atoms with Crippen molar-refractivity contribution in [3.63, 3.8) is 0 Å². The van der Waals surface area contributed by atoms with Gasteiger partial charge in [0.25, 0.3) is 0 Å². The molecule has 0 aromatic heterocycles. The largest absolute Gasteiger partial charge is 0.481 e. The zero-order valence-corrected chi connectivity index (χ0v) is 10.4. The summed E-state index contributed by atoms with van der Waals surface area (Å²) in [6, 6.07) is 7.15. The molecule has 1 aromatic carbocycles. The van der Waals surface area contributed by atoms with Gasteiger partial charge < -0.3 is 5.11 Å². The molecule has 88 valence electrons. The highest BCUT2D eigenvalue weighted by Crippen LogP contribution is 2.31. The van der Waals surface area contributed by atoms with Gasteiger partial charge in [0.15, 0.2) is 0 Å². The lowest BCUT2D eigenvalue weighted by Gasteiger charge is -2.21. The predicted molar refractivity (Wildman–Crippen MR) is 65.9 cm³/mol. The zero-order valence-electron chi connectivity index (χ0n) is 9.61. The summed E-state index contributed by atoms with van der Waals surface area (Å²) >= 11 is 5.89. The van der Waals surface area contributed by atoms with Gasteiger partial charge in [-0.05, 0) is 23.6 Å². The first-order valence-electron chi connectivity index (χ1n) is 5.58. The van der Waals surface area contributed by atoms with Gasteiger partial charge in [-0.2, -0.15) is 0 Å². The molecule has 0 spiro atoms. The Labute approximate surface area is 101 Å². The quantitative estimate of drug-likeness (QED) is 0.846. The van der Waals surface area contributed by atoms with Crippen LogP contribution in [0.15, 0.2) is 24.3 Å². The van der Waals surface area contributed by atoms with Crippen LogP contribution in [-0.2, 0) is 4.79 Å². The van der Waals surface area contributed by atoms with Crippen LogP contribution in [0.2, 0.25) is 5.02 Å². The molecule has 0 amide bonds. The molecular weight excluding hydrogens is 224 g/mol. The smallest absolute Gasteiger partial charge is 0.311 e. The van der Waals surface area contributed by atoms with E-state index < -0.39 is 11.9 Å². The van der Waals surface area contributed by atoms with E-state index in [9.17, 15) is 9.90 Å². The van der Waals surface area contributed by atoms with Crippen LogP contribution in [0, 0.1) is 5.92 Å². The summed E-state index contributed by atoms with van der Waals surface area (Å²) in [6.07, 6.45) is 1.72. The fraction of sp³-hybridized carbons (Fsp3) is 0.462. The van der Waals surface area contributed by atoms with Crippen molar-refractivity contribution in [3.8, 4) is 0 Å². The first-order chi connectivity index (χ1) is 7.60. The van der Waals surface area contributed by atoms with E-state index in [0.29, 0.717) is 5.02 Å². The molecule has 0 saturated heterocycles. The topological polar surface area (TPSA) is 37.3 Å². The Balaban J connectivity index is 3.06. The van der Waals surface area contributed by atoms with Crippen molar-refractivity contribution in [1.29, 1.82) is 0 Å². The molecule has 0 aliphatic carbocycles. The van der Waals surface area contributed by atoms with Gasteiger partial charge in [0, 0.05) is 5.02 Å². The second-order valence-electron chi connectivity index (χ2n) is 3.95. The molecule has 0 saturated carbocycles. The van der Waals surface area contributed by atoms with E-state index >= 15 is 0 Å². The Kier molecular flexibility index (Phi) is 4.81. The fourth-order valence-corrected chi connectivity index (χ4v) is 2.28. The summed E-state index contributed by atoms with van der Waals surface area (Å²) < 4.78 is 0. The standard InChI is InChI=1S/C13H17ClO2/c1-3-9(4-2)12(13(15)16)10-6-5-7-11(14)8-10/h5-9,12H,3-4H2,1-2H3,(H,15,16). The molecule has 0 heterocycles. The molecule has 16 heavy (non-hydrogen) atoms. The highest BCUT2D eigenvalue weighted by molar-refractivity contribution is 6.30. The molecule has 1 atom stereocenters. The van der Waals surface area contributed by atoms with Gasteiger partial charge in [-0.1, -0.05) is 50.4 Å². The van der Waals surface area contributed by atoms with Crippen molar-refractivity contribution in [2.45, 2.75) is 32.6 Å². The van der Waals surface area contributed by atoms with Gasteiger partial charge in [-0.25, -0.2) is 0 Å². The van der Waals surface area contributed by atoms with E-state index in [1.165, 1.54) is 0 Å². The molecule has 2 nitrogen and oxygen atoms in total. The van der Waals surface area contributed by atoms with E-state index in [1.807, 2.05) is 19.9 Å². The minimum atomic E-state index is -0.768. The molecule has 0 bridgehead atoms. The normalized spacial score (nSPS) is 12.8. The van der Waals surface area contributed by atoms with Crippen LogP contribution in [0.4, 0.5) is 0 Å². The number of benzene rings is 1.